The monoisotopic (exact) mass is 292 g/mol. The summed E-state index contributed by atoms with van der Waals surface area (Å²) < 4.78 is 20.0. The highest BCUT2D eigenvalue weighted by atomic mass is 19.1. The predicted molar refractivity (Wildman–Crippen MR) is 81.9 cm³/mol. The van der Waals surface area contributed by atoms with Crippen LogP contribution in [-0.4, -0.2) is 49.3 Å². The fourth-order valence-corrected chi connectivity index (χ4v) is 3.58. The standard InChI is InChI=1S/C17H25FN2O/c1-2-19-16(10-13-6-3-4-8-15(13)18)17-11-20-9-5-7-14(20)12-21-17/h3-4,6,8,14,16-17,19H,2,5,7,9-12H2,1H3. The molecule has 1 aromatic rings. The summed E-state index contributed by atoms with van der Waals surface area (Å²) in [5, 5.41) is 3.49. The molecule has 2 aliphatic heterocycles. The molecule has 0 aliphatic carbocycles. The van der Waals surface area contributed by atoms with Crippen molar-refractivity contribution in [3.8, 4) is 0 Å². The van der Waals surface area contributed by atoms with Gasteiger partial charge in [0.1, 0.15) is 5.82 Å². The molecular weight excluding hydrogens is 267 g/mol. The van der Waals surface area contributed by atoms with Crippen molar-refractivity contribution in [1.29, 1.82) is 0 Å². The minimum Gasteiger partial charge on any atom is -0.374 e. The van der Waals surface area contributed by atoms with Crippen LogP contribution in [0.4, 0.5) is 4.39 Å². The molecule has 0 spiro atoms. The van der Waals surface area contributed by atoms with E-state index in [-0.39, 0.29) is 18.0 Å². The molecule has 0 aromatic heterocycles. The first-order valence-electron chi connectivity index (χ1n) is 8.10. The van der Waals surface area contributed by atoms with E-state index in [2.05, 4.69) is 17.1 Å². The molecule has 0 bridgehead atoms. The van der Waals surface area contributed by atoms with Crippen molar-refractivity contribution in [1.82, 2.24) is 10.2 Å². The minimum atomic E-state index is -0.115. The molecule has 1 aromatic carbocycles. The van der Waals surface area contributed by atoms with Crippen LogP contribution in [-0.2, 0) is 11.2 Å². The molecule has 2 aliphatic rings. The maximum Gasteiger partial charge on any atom is 0.126 e. The largest absolute Gasteiger partial charge is 0.374 e. The first kappa shape index (κ1) is 14.9. The van der Waals surface area contributed by atoms with Gasteiger partial charge in [0.15, 0.2) is 0 Å². The van der Waals surface area contributed by atoms with Gasteiger partial charge in [-0.2, -0.15) is 0 Å². The van der Waals surface area contributed by atoms with E-state index in [0.717, 1.165) is 25.3 Å². The Labute approximate surface area is 126 Å². The van der Waals surface area contributed by atoms with Crippen LogP contribution >= 0.6 is 0 Å². The van der Waals surface area contributed by atoms with Crippen molar-refractivity contribution >= 4 is 0 Å². The Morgan fingerprint density at radius 1 is 1.43 bits per heavy atom. The number of rotatable bonds is 5. The van der Waals surface area contributed by atoms with Crippen molar-refractivity contribution in [2.75, 3.05) is 26.2 Å². The van der Waals surface area contributed by atoms with E-state index in [4.69, 9.17) is 4.74 Å². The van der Waals surface area contributed by atoms with Gasteiger partial charge in [-0.05, 0) is 44.0 Å². The van der Waals surface area contributed by atoms with Gasteiger partial charge in [-0.1, -0.05) is 25.1 Å². The van der Waals surface area contributed by atoms with Crippen LogP contribution in [0.3, 0.4) is 0 Å². The number of hydrogen-bond acceptors (Lipinski definition) is 3. The van der Waals surface area contributed by atoms with Crippen LogP contribution < -0.4 is 5.32 Å². The molecule has 2 heterocycles. The number of ether oxygens (including phenoxy) is 1. The zero-order valence-electron chi connectivity index (χ0n) is 12.7. The lowest BCUT2D eigenvalue weighted by Gasteiger charge is -2.39. The second kappa shape index (κ2) is 6.86. The van der Waals surface area contributed by atoms with Gasteiger partial charge >= 0.3 is 0 Å². The van der Waals surface area contributed by atoms with E-state index in [1.807, 2.05) is 12.1 Å². The van der Waals surface area contributed by atoms with Crippen molar-refractivity contribution in [2.24, 2.45) is 0 Å². The predicted octanol–water partition coefficient (Wildman–Crippen LogP) is 2.21. The first-order valence-corrected chi connectivity index (χ1v) is 8.10. The quantitative estimate of drug-likeness (QED) is 0.900. The summed E-state index contributed by atoms with van der Waals surface area (Å²) in [5.41, 5.74) is 0.774. The Kier molecular flexibility index (Phi) is 4.88. The van der Waals surface area contributed by atoms with Crippen LogP contribution in [0.1, 0.15) is 25.3 Å². The summed E-state index contributed by atoms with van der Waals surface area (Å²) >= 11 is 0. The molecule has 0 amide bonds. The van der Waals surface area contributed by atoms with Gasteiger partial charge in [0.2, 0.25) is 0 Å². The number of halogens is 1. The average Bonchev–Trinajstić information content (AvgIpc) is 2.96. The lowest BCUT2D eigenvalue weighted by molar-refractivity contribution is -0.0642. The molecule has 3 unspecified atom stereocenters. The highest BCUT2D eigenvalue weighted by Gasteiger charge is 2.35. The van der Waals surface area contributed by atoms with Gasteiger partial charge in [-0.3, -0.25) is 4.90 Å². The molecule has 21 heavy (non-hydrogen) atoms. The molecule has 3 rings (SSSR count). The Balaban J connectivity index is 1.68. The Morgan fingerprint density at radius 3 is 3.10 bits per heavy atom. The molecule has 1 N–H and O–H groups in total. The highest BCUT2D eigenvalue weighted by molar-refractivity contribution is 5.19. The Bertz CT molecular complexity index is 468. The Hall–Kier alpha value is -0.970. The SMILES string of the molecule is CCNC(Cc1ccccc1F)C1CN2CCCC2CO1. The van der Waals surface area contributed by atoms with Crippen LogP contribution in [0.5, 0.6) is 0 Å². The summed E-state index contributed by atoms with van der Waals surface area (Å²) in [6.07, 6.45) is 3.37. The number of fused-ring (bicyclic) bond motifs is 1. The van der Waals surface area contributed by atoms with Crippen molar-refractivity contribution < 1.29 is 9.13 Å². The first-order chi connectivity index (χ1) is 10.3. The van der Waals surface area contributed by atoms with E-state index in [9.17, 15) is 4.39 Å². The fraction of sp³-hybridized carbons (Fsp3) is 0.647. The maximum atomic E-state index is 13.9. The Morgan fingerprint density at radius 2 is 2.29 bits per heavy atom. The van der Waals surface area contributed by atoms with Gasteiger partial charge in [-0.25, -0.2) is 4.39 Å². The summed E-state index contributed by atoms with van der Waals surface area (Å²) in [4.78, 5) is 2.54. The number of benzene rings is 1. The zero-order valence-corrected chi connectivity index (χ0v) is 12.7. The third-order valence-corrected chi connectivity index (χ3v) is 4.73. The number of nitrogens with zero attached hydrogens (tertiary/aromatic N) is 1. The van der Waals surface area contributed by atoms with Crippen molar-refractivity contribution in [2.45, 2.75) is 44.4 Å². The van der Waals surface area contributed by atoms with Gasteiger partial charge < -0.3 is 10.1 Å². The van der Waals surface area contributed by atoms with Crippen LogP contribution in [0, 0.1) is 5.82 Å². The molecular formula is C17H25FN2O. The molecule has 116 valence electrons. The number of likely N-dealkylation sites (N-methyl/N-ethyl adjacent to an activating group) is 1. The molecule has 3 atom stereocenters. The molecule has 2 fully saturated rings. The number of nitrogens with one attached hydrogen (secondary N) is 1. The average molecular weight is 292 g/mol. The van der Waals surface area contributed by atoms with Gasteiger partial charge in [0.25, 0.3) is 0 Å². The molecule has 2 saturated heterocycles. The van der Waals surface area contributed by atoms with Crippen molar-refractivity contribution in [3.63, 3.8) is 0 Å². The summed E-state index contributed by atoms with van der Waals surface area (Å²) in [7, 11) is 0. The smallest absolute Gasteiger partial charge is 0.126 e. The molecule has 3 nitrogen and oxygen atoms in total. The van der Waals surface area contributed by atoms with E-state index in [1.165, 1.54) is 25.5 Å². The fourth-order valence-electron chi connectivity index (χ4n) is 3.58. The molecule has 0 saturated carbocycles. The zero-order chi connectivity index (χ0) is 14.7. The summed E-state index contributed by atoms with van der Waals surface area (Å²) in [6.45, 7) is 5.95. The van der Waals surface area contributed by atoms with Crippen molar-refractivity contribution in [3.05, 3.63) is 35.6 Å². The van der Waals surface area contributed by atoms with E-state index in [0.29, 0.717) is 12.5 Å². The third kappa shape index (κ3) is 3.44. The lowest BCUT2D eigenvalue weighted by Crippen LogP contribution is -2.54. The van der Waals surface area contributed by atoms with Gasteiger partial charge in [0.05, 0.1) is 12.7 Å². The number of morpholine rings is 1. The molecule has 0 radical (unpaired) electrons. The summed E-state index contributed by atoms with van der Waals surface area (Å²) in [6, 6.07) is 7.84. The second-order valence-corrected chi connectivity index (χ2v) is 6.12. The van der Waals surface area contributed by atoms with E-state index < -0.39 is 0 Å². The van der Waals surface area contributed by atoms with Crippen LogP contribution in [0.15, 0.2) is 24.3 Å². The molecule has 4 heteroatoms. The van der Waals surface area contributed by atoms with Gasteiger partial charge in [0, 0.05) is 18.6 Å². The normalized spacial score (nSPS) is 27.5. The lowest BCUT2D eigenvalue weighted by atomic mass is 9.99. The highest BCUT2D eigenvalue weighted by Crippen LogP contribution is 2.25. The van der Waals surface area contributed by atoms with E-state index >= 15 is 0 Å². The van der Waals surface area contributed by atoms with Gasteiger partial charge in [-0.15, -0.1) is 0 Å². The minimum absolute atomic E-state index is 0.115. The number of hydrogen-bond donors (Lipinski definition) is 1. The summed E-state index contributed by atoms with van der Waals surface area (Å²) in [5.74, 6) is -0.115. The van der Waals surface area contributed by atoms with Crippen LogP contribution in [0.25, 0.3) is 0 Å². The van der Waals surface area contributed by atoms with Crippen LogP contribution in [0.2, 0.25) is 0 Å². The second-order valence-electron chi connectivity index (χ2n) is 6.12. The third-order valence-electron chi connectivity index (χ3n) is 4.73. The topological polar surface area (TPSA) is 24.5 Å². The maximum absolute atomic E-state index is 13.9. The van der Waals surface area contributed by atoms with E-state index in [1.54, 1.807) is 6.07 Å².